The van der Waals surface area contributed by atoms with Gasteiger partial charge in [0.25, 0.3) is 5.89 Å². The molecule has 1 N–H and O–H groups in total. The zero-order valence-electron chi connectivity index (χ0n) is 18.4. The molecule has 0 unspecified atom stereocenters. The van der Waals surface area contributed by atoms with Crippen LogP contribution in [0.1, 0.15) is 35.8 Å². The first-order valence-corrected chi connectivity index (χ1v) is 11.3. The summed E-state index contributed by atoms with van der Waals surface area (Å²) in [5, 5.41) is 16.3. The second-order valence-corrected chi connectivity index (χ2v) is 8.69. The van der Waals surface area contributed by atoms with E-state index in [-0.39, 0.29) is 0 Å². The minimum atomic E-state index is 0.313. The lowest BCUT2D eigenvalue weighted by Crippen LogP contribution is -2.35. The summed E-state index contributed by atoms with van der Waals surface area (Å²) in [6.07, 6.45) is 9.15. The van der Waals surface area contributed by atoms with Crippen LogP contribution in [0.25, 0.3) is 11.5 Å². The highest BCUT2D eigenvalue weighted by Crippen LogP contribution is 2.28. The average molecular weight is 444 g/mol. The number of aryl methyl sites for hydroxylation is 1. The molecule has 168 valence electrons. The largest absolute Gasteiger partial charge is 0.403 e. The van der Waals surface area contributed by atoms with E-state index in [2.05, 4.69) is 64.7 Å². The molecule has 0 radical (unpaired) electrons. The van der Waals surface area contributed by atoms with Gasteiger partial charge in [-0.05, 0) is 43.7 Å². The number of hydrogen-bond acceptors (Lipinski definition) is 9. The Morgan fingerprint density at radius 2 is 1.70 bits per heavy atom. The van der Waals surface area contributed by atoms with Crippen LogP contribution in [-0.4, -0.2) is 54.1 Å². The van der Waals surface area contributed by atoms with Gasteiger partial charge in [0, 0.05) is 31.5 Å². The van der Waals surface area contributed by atoms with Gasteiger partial charge in [0.15, 0.2) is 0 Å². The van der Waals surface area contributed by atoms with Crippen LogP contribution in [0, 0.1) is 6.92 Å². The lowest BCUT2D eigenvalue weighted by Gasteiger charge is -2.30. The fraction of sp³-hybridized carbons (Fsp3) is 0.391. The van der Waals surface area contributed by atoms with Crippen LogP contribution in [0.4, 0.5) is 12.0 Å². The molecule has 0 bridgehead atoms. The molecule has 0 atom stereocenters. The molecule has 1 aliphatic carbocycles. The lowest BCUT2D eigenvalue weighted by molar-refractivity contribution is 0.354. The standard InChI is InChI=1S/C23H25N9O/c1-15-26-14-32(30-15)20-6-8-31(9-7-20)23-29-28-21(33-23)18-12-24-22(25-13-18)27-19-10-16-4-2-3-5-17(16)11-19/h2-5,12-14,19-20H,6-11H2,1H3,(H,24,25,27). The number of nitrogens with one attached hydrogen (secondary N) is 1. The Morgan fingerprint density at radius 1 is 0.970 bits per heavy atom. The van der Waals surface area contributed by atoms with E-state index in [0.29, 0.717) is 35.5 Å². The Morgan fingerprint density at radius 3 is 2.36 bits per heavy atom. The van der Waals surface area contributed by atoms with Crippen LogP contribution in [-0.2, 0) is 12.8 Å². The smallest absolute Gasteiger partial charge is 0.318 e. The number of rotatable bonds is 5. The topological polar surface area (TPSA) is 111 Å². The summed E-state index contributed by atoms with van der Waals surface area (Å²) in [5.41, 5.74) is 3.50. The van der Waals surface area contributed by atoms with Gasteiger partial charge in [-0.15, -0.1) is 5.10 Å². The van der Waals surface area contributed by atoms with Gasteiger partial charge in [-0.25, -0.2) is 19.6 Å². The van der Waals surface area contributed by atoms with Gasteiger partial charge in [-0.3, -0.25) is 0 Å². The highest BCUT2D eigenvalue weighted by atomic mass is 16.4. The molecule has 4 heterocycles. The van der Waals surface area contributed by atoms with E-state index in [0.717, 1.165) is 44.6 Å². The molecule has 10 heteroatoms. The monoisotopic (exact) mass is 443 g/mol. The van der Waals surface area contributed by atoms with E-state index in [1.807, 2.05) is 17.9 Å². The molecule has 3 aromatic heterocycles. The minimum absolute atomic E-state index is 0.313. The number of fused-ring (bicyclic) bond motifs is 1. The summed E-state index contributed by atoms with van der Waals surface area (Å²) < 4.78 is 7.90. The van der Waals surface area contributed by atoms with Gasteiger partial charge in [0.1, 0.15) is 12.2 Å². The maximum absolute atomic E-state index is 5.94. The quantitative estimate of drug-likeness (QED) is 0.498. The third-order valence-electron chi connectivity index (χ3n) is 6.43. The van der Waals surface area contributed by atoms with Crippen LogP contribution in [0.5, 0.6) is 0 Å². The Bertz CT molecular complexity index is 1220. The number of aromatic nitrogens is 7. The molecule has 6 rings (SSSR count). The van der Waals surface area contributed by atoms with Crippen LogP contribution in [0.2, 0.25) is 0 Å². The number of nitrogens with zero attached hydrogens (tertiary/aromatic N) is 8. The van der Waals surface area contributed by atoms with Crippen LogP contribution >= 0.6 is 0 Å². The number of benzene rings is 1. The molecule has 0 spiro atoms. The molecule has 10 nitrogen and oxygen atoms in total. The summed E-state index contributed by atoms with van der Waals surface area (Å²) in [7, 11) is 0. The van der Waals surface area contributed by atoms with Crippen molar-refractivity contribution in [3.8, 4) is 11.5 Å². The first-order valence-electron chi connectivity index (χ1n) is 11.3. The zero-order chi connectivity index (χ0) is 22.2. The van der Waals surface area contributed by atoms with Crippen molar-refractivity contribution in [2.24, 2.45) is 0 Å². The van der Waals surface area contributed by atoms with E-state index < -0.39 is 0 Å². The van der Waals surface area contributed by atoms with Gasteiger partial charge in [-0.2, -0.15) is 5.10 Å². The Balaban J connectivity index is 1.07. The molecule has 1 aromatic carbocycles. The van der Waals surface area contributed by atoms with E-state index in [1.54, 1.807) is 12.4 Å². The van der Waals surface area contributed by atoms with Crippen molar-refractivity contribution in [3.63, 3.8) is 0 Å². The first kappa shape index (κ1) is 19.8. The molecule has 1 fully saturated rings. The Hall–Kier alpha value is -3.82. The van der Waals surface area contributed by atoms with Gasteiger partial charge in [-0.1, -0.05) is 29.4 Å². The third-order valence-corrected chi connectivity index (χ3v) is 6.43. The number of anilines is 2. The molecular formula is C23H25N9O. The SMILES string of the molecule is Cc1ncn(C2CCN(c3nnc(-c4cnc(NC5Cc6ccccc6C5)nc4)o3)CC2)n1. The van der Waals surface area contributed by atoms with Gasteiger partial charge in [0.2, 0.25) is 5.95 Å². The van der Waals surface area contributed by atoms with E-state index in [4.69, 9.17) is 4.42 Å². The number of hydrogen-bond donors (Lipinski definition) is 1. The zero-order valence-corrected chi connectivity index (χ0v) is 18.4. The van der Waals surface area contributed by atoms with E-state index in [1.165, 1.54) is 11.1 Å². The fourth-order valence-electron chi connectivity index (χ4n) is 4.68. The molecule has 0 amide bonds. The maximum atomic E-state index is 5.94. The predicted molar refractivity (Wildman–Crippen MR) is 122 cm³/mol. The van der Waals surface area contributed by atoms with Gasteiger partial charge >= 0.3 is 6.01 Å². The Labute approximate surface area is 191 Å². The molecule has 1 saturated heterocycles. The van der Waals surface area contributed by atoms with Gasteiger partial charge < -0.3 is 14.6 Å². The summed E-state index contributed by atoms with van der Waals surface area (Å²) >= 11 is 0. The molecular weight excluding hydrogens is 418 g/mol. The van der Waals surface area contributed by atoms with Crippen molar-refractivity contribution in [2.75, 3.05) is 23.3 Å². The van der Waals surface area contributed by atoms with Crippen molar-refractivity contribution in [3.05, 3.63) is 59.9 Å². The van der Waals surface area contributed by atoms with Crippen LogP contribution in [0.3, 0.4) is 0 Å². The summed E-state index contributed by atoms with van der Waals surface area (Å²) in [6.45, 7) is 3.56. The fourth-order valence-corrected chi connectivity index (χ4v) is 4.68. The van der Waals surface area contributed by atoms with Crippen molar-refractivity contribution in [2.45, 2.75) is 44.7 Å². The molecule has 0 saturated carbocycles. The normalized spacial score (nSPS) is 16.8. The highest BCUT2D eigenvalue weighted by molar-refractivity contribution is 5.52. The van der Waals surface area contributed by atoms with Crippen molar-refractivity contribution in [1.29, 1.82) is 0 Å². The average Bonchev–Trinajstić information content (AvgIpc) is 3.59. The molecule has 1 aliphatic heterocycles. The van der Waals surface area contributed by atoms with Gasteiger partial charge in [0.05, 0.1) is 11.6 Å². The minimum Gasteiger partial charge on any atom is -0.403 e. The lowest BCUT2D eigenvalue weighted by atomic mass is 10.1. The van der Waals surface area contributed by atoms with Crippen molar-refractivity contribution >= 4 is 12.0 Å². The van der Waals surface area contributed by atoms with Crippen molar-refractivity contribution in [1.82, 2.24) is 34.9 Å². The van der Waals surface area contributed by atoms with E-state index >= 15 is 0 Å². The summed E-state index contributed by atoms with van der Waals surface area (Å²) in [4.78, 5) is 15.3. The Kier molecular flexibility index (Phi) is 4.97. The van der Waals surface area contributed by atoms with Crippen LogP contribution in [0.15, 0.2) is 47.4 Å². The van der Waals surface area contributed by atoms with Crippen LogP contribution < -0.4 is 10.2 Å². The third kappa shape index (κ3) is 4.04. The molecule has 4 aromatic rings. The predicted octanol–water partition coefficient (Wildman–Crippen LogP) is 2.85. The second-order valence-electron chi connectivity index (χ2n) is 8.69. The molecule has 2 aliphatic rings. The van der Waals surface area contributed by atoms with E-state index in [9.17, 15) is 0 Å². The highest BCUT2D eigenvalue weighted by Gasteiger charge is 2.25. The number of piperidine rings is 1. The second kappa shape index (κ2) is 8.27. The first-order chi connectivity index (χ1) is 16.2. The maximum Gasteiger partial charge on any atom is 0.318 e. The summed E-state index contributed by atoms with van der Waals surface area (Å²) in [6, 6.07) is 9.75. The van der Waals surface area contributed by atoms with Crippen molar-refractivity contribution < 1.29 is 4.42 Å². The summed E-state index contributed by atoms with van der Waals surface area (Å²) in [5.74, 6) is 1.84. The molecule has 33 heavy (non-hydrogen) atoms.